The number of amides is 1. The Kier molecular flexibility index (Phi) is 5.04. The van der Waals surface area contributed by atoms with Crippen LogP contribution in [0.4, 0.5) is 18.0 Å². The largest absolute Gasteiger partial charge is 0.444 e. The van der Waals surface area contributed by atoms with Crippen molar-refractivity contribution in [2.24, 2.45) is 0 Å². The fourth-order valence-electron chi connectivity index (χ4n) is 4.14. The summed E-state index contributed by atoms with van der Waals surface area (Å²) in [6.07, 6.45) is -5.32. The molecule has 0 spiro atoms. The van der Waals surface area contributed by atoms with Crippen molar-refractivity contribution >= 4 is 6.09 Å². The highest BCUT2D eigenvalue weighted by molar-refractivity contribution is 5.70. The highest BCUT2D eigenvalue weighted by Crippen LogP contribution is 2.44. The molecule has 4 rings (SSSR count). The average Bonchev–Trinajstić information content (AvgIpc) is 3.11. The van der Waals surface area contributed by atoms with Gasteiger partial charge in [-0.05, 0) is 49.1 Å². The summed E-state index contributed by atoms with van der Waals surface area (Å²) >= 11 is 0. The smallest absolute Gasteiger partial charge is 0.416 e. The molecule has 2 heterocycles. The van der Waals surface area contributed by atoms with Crippen molar-refractivity contribution in [1.82, 2.24) is 4.90 Å². The highest BCUT2D eigenvalue weighted by Gasteiger charge is 2.45. The third kappa shape index (κ3) is 4.03. The molecule has 0 N–H and O–H groups in total. The number of benzene rings is 2. The standard InChI is InChI=1S/C23H24F3NO3/c1-22(2,3)30-21(28)27-11-17-16-9-15(14-7-5-4-6-8-14)10-19(23(24,25)26)18(16)13-29-20(17)12-27/h4-10,17,20H,11-13H2,1-3H3. The van der Waals surface area contributed by atoms with E-state index in [1.807, 2.05) is 12.1 Å². The van der Waals surface area contributed by atoms with Crippen molar-refractivity contribution in [3.63, 3.8) is 0 Å². The Morgan fingerprint density at radius 1 is 1.07 bits per heavy atom. The monoisotopic (exact) mass is 419 g/mol. The number of rotatable bonds is 1. The molecule has 2 aromatic rings. The molecule has 2 atom stereocenters. The van der Waals surface area contributed by atoms with Gasteiger partial charge in [0.05, 0.1) is 24.8 Å². The minimum Gasteiger partial charge on any atom is -0.444 e. The van der Waals surface area contributed by atoms with Crippen LogP contribution in [0, 0.1) is 0 Å². The zero-order valence-electron chi connectivity index (χ0n) is 17.1. The van der Waals surface area contributed by atoms with E-state index >= 15 is 0 Å². The van der Waals surface area contributed by atoms with Crippen molar-refractivity contribution in [1.29, 1.82) is 0 Å². The van der Waals surface area contributed by atoms with Crippen LogP contribution >= 0.6 is 0 Å². The summed E-state index contributed by atoms with van der Waals surface area (Å²) < 4.78 is 52.8. The van der Waals surface area contributed by atoms with E-state index in [2.05, 4.69) is 0 Å². The average molecular weight is 419 g/mol. The summed E-state index contributed by atoms with van der Waals surface area (Å²) in [5.41, 5.74) is 0.676. The van der Waals surface area contributed by atoms with Crippen LogP contribution in [-0.2, 0) is 22.3 Å². The zero-order chi connectivity index (χ0) is 21.7. The lowest BCUT2D eigenvalue weighted by Crippen LogP contribution is -2.36. The minimum atomic E-state index is -4.49. The number of alkyl halides is 3. The Morgan fingerprint density at radius 2 is 1.77 bits per heavy atom. The van der Waals surface area contributed by atoms with Crippen molar-refractivity contribution in [2.45, 2.75) is 51.2 Å². The lowest BCUT2D eigenvalue weighted by atomic mass is 9.84. The summed E-state index contributed by atoms with van der Waals surface area (Å²) in [6.45, 7) is 5.78. The molecular formula is C23H24F3NO3. The van der Waals surface area contributed by atoms with E-state index in [0.717, 1.165) is 5.56 Å². The zero-order valence-corrected chi connectivity index (χ0v) is 17.1. The van der Waals surface area contributed by atoms with Crippen LogP contribution in [0.5, 0.6) is 0 Å². The molecule has 0 saturated carbocycles. The molecule has 2 aliphatic rings. The Bertz CT molecular complexity index is 951. The van der Waals surface area contributed by atoms with Gasteiger partial charge in [0, 0.05) is 12.5 Å². The summed E-state index contributed by atoms with van der Waals surface area (Å²) in [5, 5.41) is 0. The van der Waals surface area contributed by atoms with Crippen LogP contribution < -0.4 is 0 Å². The minimum absolute atomic E-state index is 0.122. The Balaban J connectivity index is 1.73. The van der Waals surface area contributed by atoms with Crippen molar-refractivity contribution in [3.8, 4) is 11.1 Å². The Hall–Kier alpha value is -2.54. The molecule has 2 aliphatic heterocycles. The molecule has 7 heteroatoms. The van der Waals surface area contributed by atoms with Crippen LogP contribution in [0.25, 0.3) is 11.1 Å². The first kappa shape index (κ1) is 20.7. The number of fused-ring (bicyclic) bond motifs is 3. The Labute approximate surface area is 173 Å². The number of hydrogen-bond donors (Lipinski definition) is 0. The van der Waals surface area contributed by atoms with E-state index in [-0.39, 0.29) is 30.7 Å². The number of hydrogen-bond acceptors (Lipinski definition) is 3. The second-order valence-corrected chi connectivity index (χ2v) is 8.80. The molecule has 2 aromatic carbocycles. The van der Waals surface area contributed by atoms with Gasteiger partial charge in [-0.2, -0.15) is 13.2 Å². The summed E-state index contributed by atoms with van der Waals surface area (Å²) in [4.78, 5) is 14.0. The molecule has 1 fully saturated rings. The van der Waals surface area contributed by atoms with Gasteiger partial charge in [0.25, 0.3) is 0 Å². The van der Waals surface area contributed by atoms with Gasteiger partial charge < -0.3 is 14.4 Å². The van der Waals surface area contributed by atoms with Gasteiger partial charge in [0.15, 0.2) is 0 Å². The van der Waals surface area contributed by atoms with E-state index in [9.17, 15) is 18.0 Å². The lowest BCUT2D eigenvalue weighted by Gasteiger charge is -2.30. The van der Waals surface area contributed by atoms with E-state index < -0.39 is 23.4 Å². The number of ether oxygens (including phenoxy) is 2. The second kappa shape index (κ2) is 7.30. The van der Waals surface area contributed by atoms with E-state index in [1.54, 1.807) is 45.0 Å². The quantitative estimate of drug-likeness (QED) is 0.604. The molecule has 4 nitrogen and oxygen atoms in total. The third-order valence-corrected chi connectivity index (χ3v) is 5.46. The number of carbonyl (C=O) groups excluding carboxylic acids is 1. The molecule has 1 amide bonds. The summed E-state index contributed by atoms with van der Waals surface area (Å²) in [7, 11) is 0. The van der Waals surface area contributed by atoms with E-state index in [4.69, 9.17) is 9.47 Å². The van der Waals surface area contributed by atoms with E-state index in [1.165, 1.54) is 11.0 Å². The molecular weight excluding hydrogens is 395 g/mol. The maximum atomic E-state index is 13.9. The Morgan fingerprint density at radius 3 is 2.40 bits per heavy atom. The predicted molar refractivity (Wildman–Crippen MR) is 106 cm³/mol. The van der Waals surface area contributed by atoms with Gasteiger partial charge in [0.2, 0.25) is 0 Å². The lowest BCUT2D eigenvalue weighted by molar-refractivity contribution is -0.139. The molecule has 0 aliphatic carbocycles. The predicted octanol–water partition coefficient (Wildman–Crippen LogP) is 5.61. The van der Waals surface area contributed by atoms with Gasteiger partial charge >= 0.3 is 12.3 Å². The van der Waals surface area contributed by atoms with Gasteiger partial charge in [-0.15, -0.1) is 0 Å². The van der Waals surface area contributed by atoms with Gasteiger partial charge in [-0.25, -0.2) is 4.79 Å². The first-order chi connectivity index (χ1) is 14.0. The SMILES string of the molecule is CC(C)(C)OC(=O)N1CC2OCc3c(cc(-c4ccccc4)cc3C(F)(F)F)C2C1. The molecule has 0 bridgehead atoms. The van der Waals surface area contributed by atoms with Crippen LogP contribution in [-0.4, -0.2) is 35.8 Å². The van der Waals surface area contributed by atoms with Gasteiger partial charge in [-0.1, -0.05) is 36.4 Å². The first-order valence-corrected chi connectivity index (χ1v) is 9.92. The molecule has 1 saturated heterocycles. The van der Waals surface area contributed by atoms with Crippen molar-refractivity contribution in [2.75, 3.05) is 13.1 Å². The van der Waals surface area contributed by atoms with Crippen molar-refractivity contribution < 1.29 is 27.4 Å². The van der Waals surface area contributed by atoms with Crippen LogP contribution in [0.2, 0.25) is 0 Å². The highest BCUT2D eigenvalue weighted by atomic mass is 19.4. The topological polar surface area (TPSA) is 38.8 Å². The molecule has 0 radical (unpaired) electrons. The second-order valence-electron chi connectivity index (χ2n) is 8.80. The fraction of sp³-hybridized carbons (Fsp3) is 0.435. The summed E-state index contributed by atoms with van der Waals surface area (Å²) in [6, 6.07) is 12.0. The molecule has 0 aromatic heterocycles. The van der Waals surface area contributed by atoms with Gasteiger partial charge in [-0.3, -0.25) is 0 Å². The third-order valence-electron chi connectivity index (χ3n) is 5.46. The first-order valence-electron chi connectivity index (χ1n) is 9.92. The normalized spacial score (nSPS) is 21.2. The summed E-state index contributed by atoms with van der Waals surface area (Å²) in [5.74, 6) is -0.328. The maximum absolute atomic E-state index is 13.9. The fourth-order valence-corrected chi connectivity index (χ4v) is 4.14. The molecule has 30 heavy (non-hydrogen) atoms. The number of carbonyl (C=O) groups is 1. The maximum Gasteiger partial charge on any atom is 0.416 e. The molecule has 160 valence electrons. The van der Waals surface area contributed by atoms with Crippen LogP contribution in [0.1, 0.15) is 43.4 Å². The number of nitrogens with zero attached hydrogens (tertiary/aromatic N) is 1. The number of halogens is 3. The van der Waals surface area contributed by atoms with Crippen molar-refractivity contribution in [3.05, 3.63) is 59.2 Å². The molecule has 2 unspecified atom stereocenters. The van der Waals surface area contributed by atoms with Gasteiger partial charge in [0.1, 0.15) is 5.60 Å². The van der Waals surface area contributed by atoms with Crippen LogP contribution in [0.3, 0.4) is 0 Å². The number of likely N-dealkylation sites (tertiary alicyclic amines) is 1. The van der Waals surface area contributed by atoms with Crippen LogP contribution in [0.15, 0.2) is 42.5 Å². The van der Waals surface area contributed by atoms with E-state index in [0.29, 0.717) is 17.7 Å².